The van der Waals surface area contributed by atoms with E-state index in [4.69, 9.17) is 16.7 Å². The number of rotatable bonds is 4. The third kappa shape index (κ3) is 3.61. The molecule has 2 aromatic rings. The number of halogens is 2. The van der Waals surface area contributed by atoms with Crippen molar-refractivity contribution >= 4 is 57.2 Å². The number of aromatic carboxylic acids is 1. The molecule has 0 amide bonds. The minimum absolute atomic E-state index is 0.383. The molecule has 0 atom stereocenters. The summed E-state index contributed by atoms with van der Waals surface area (Å²) in [4.78, 5) is 21.1. The standard InChI is InChI=1S/C13H8ClIN2O4/c14-10-5-7(15)1-3-11(10)16-8-2-4-12(17(20)21)9(6-8)13(18)19/h1-6,16H,(H,18,19). The predicted octanol–water partition coefficient (Wildman–Crippen LogP) is 4.29. The lowest BCUT2D eigenvalue weighted by Crippen LogP contribution is -2.03. The second-order valence-corrected chi connectivity index (χ2v) is 5.70. The van der Waals surface area contributed by atoms with Crippen LogP contribution in [0.1, 0.15) is 10.4 Å². The Morgan fingerprint density at radius 3 is 2.57 bits per heavy atom. The van der Waals surface area contributed by atoms with Crippen molar-refractivity contribution in [3.05, 3.63) is 60.7 Å². The van der Waals surface area contributed by atoms with Crippen LogP contribution in [0.5, 0.6) is 0 Å². The molecule has 0 saturated heterocycles. The van der Waals surface area contributed by atoms with E-state index in [0.29, 0.717) is 16.4 Å². The third-order valence-electron chi connectivity index (χ3n) is 2.63. The van der Waals surface area contributed by atoms with Gasteiger partial charge in [0.15, 0.2) is 0 Å². The van der Waals surface area contributed by atoms with Crippen LogP contribution in [-0.4, -0.2) is 16.0 Å². The molecule has 0 aliphatic carbocycles. The molecule has 21 heavy (non-hydrogen) atoms. The summed E-state index contributed by atoms with van der Waals surface area (Å²) in [5, 5.41) is 23.2. The van der Waals surface area contributed by atoms with E-state index in [2.05, 4.69) is 27.9 Å². The minimum atomic E-state index is -1.36. The lowest BCUT2D eigenvalue weighted by Gasteiger charge is -2.09. The van der Waals surface area contributed by atoms with Gasteiger partial charge in [0.2, 0.25) is 0 Å². The maximum atomic E-state index is 11.1. The number of hydrogen-bond acceptors (Lipinski definition) is 4. The molecule has 8 heteroatoms. The largest absolute Gasteiger partial charge is 0.477 e. The number of hydrogen-bond donors (Lipinski definition) is 2. The fourth-order valence-electron chi connectivity index (χ4n) is 1.69. The number of anilines is 2. The zero-order chi connectivity index (χ0) is 15.6. The molecule has 6 nitrogen and oxygen atoms in total. The summed E-state index contributed by atoms with van der Waals surface area (Å²) in [6, 6.07) is 9.10. The third-order valence-corrected chi connectivity index (χ3v) is 3.62. The quantitative estimate of drug-likeness (QED) is 0.439. The fourth-order valence-corrected chi connectivity index (χ4v) is 2.59. The predicted molar refractivity (Wildman–Crippen MR) is 87.5 cm³/mol. The SMILES string of the molecule is O=C(O)c1cc(Nc2ccc(I)cc2Cl)ccc1[N+](=O)[O-]. The molecule has 0 unspecified atom stereocenters. The van der Waals surface area contributed by atoms with Gasteiger partial charge in [-0.25, -0.2) is 4.79 Å². The van der Waals surface area contributed by atoms with Crippen LogP contribution < -0.4 is 5.32 Å². The highest BCUT2D eigenvalue weighted by molar-refractivity contribution is 14.1. The van der Waals surface area contributed by atoms with Crippen molar-refractivity contribution in [1.29, 1.82) is 0 Å². The highest BCUT2D eigenvalue weighted by atomic mass is 127. The number of nitro benzene ring substituents is 1. The van der Waals surface area contributed by atoms with Gasteiger partial charge in [-0.1, -0.05) is 11.6 Å². The summed E-state index contributed by atoms with van der Waals surface area (Å²) in [7, 11) is 0. The second kappa shape index (κ2) is 6.27. The smallest absolute Gasteiger partial charge is 0.342 e. The van der Waals surface area contributed by atoms with E-state index in [0.717, 1.165) is 9.64 Å². The number of nitrogens with zero attached hydrogens (tertiary/aromatic N) is 1. The number of carboxylic acid groups (broad SMARTS) is 1. The first-order valence-corrected chi connectivity index (χ1v) is 7.08. The van der Waals surface area contributed by atoms with Crippen LogP contribution >= 0.6 is 34.2 Å². The van der Waals surface area contributed by atoms with Crippen LogP contribution in [-0.2, 0) is 0 Å². The van der Waals surface area contributed by atoms with Crippen LogP contribution in [0.2, 0.25) is 5.02 Å². The average molecular weight is 419 g/mol. The molecule has 0 saturated carbocycles. The second-order valence-electron chi connectivity index (χ2n) is 4.04. The van der Waals surface area contributed by atoms with Crippen molar-refractivity contribution < 1.29 is 14.8 Å². The van der Waals surface area contributed by atoms with E-state index in [1.165, 1.54) is 12.1 Å². The Bertz CT molecular complexity index is 736. The van der Waals surface area contributed by atoms with Gasteiger partial charge in [0.05, 0.1) is 15.6 Å². The summed E-state index contributed by atoms with van der Waals surface area (Å²) in [5.41, 5.74) is 0.150. The molecule has 108 valence electrons. The minimum Gasteiger partial charge on any atom is -0.477 e. The van der Waals surface area contributed by atoms with Gasteiger partial charge in [0, 0.05) is 15.3 Å². The Morgan fingerprint density at radius 1 is 1.29 bits per heavy atom. The van der Waals surface area contributed by atoms with Gasteiger partial charge in [0.1, 0.15) is 5.56 Å². The maximum absolute atomic E-state index is 11.1. The summed E-state index contributed by atoms with van der Waals surface area (Å²) in [6.07, 6.45) is 0. The topological polar surface area (TPSA) is 92.5 Å². The first-order valence-electron chi connectivity index (χ1n) is 5.62. The van der Waals surface area contributed by atoms with Crippen LogP contribution in [0.3, 0.4) is 0 Å². The number of carbonyl (C=O) groups is 1. The van der Waals surface area contributed by atoms with Crippen molar-refractivity contribution in [1.82, 2.24) is 0 Å². The van der Waals surface area contributed by atoms with Crippen molar-refractivity contribution in [2.75, 3.05) is 5.32 Å². The molecule has 2 N–H and O–H groups in total. The lowest BCUT2D eigenvalue weighted by molar-refractivity contribution is -0.385. The molecular formula is C13H8ClIN2O4. The number of benzene rings is 2. The Labute approximate surface area is 138 Å². The van der Waals surface area contributed by atoms with Gasteiger partial charge in [-0.3, -0.25) is 10.1 Å². The molecule has 0 heterocycles. The van der Waals surface area contributed by atoms with E-state index in [1.807, 2.05) is 6.07 Å². The first kappa shape index (κ1) is 15.5. The highest BCUT2D eigenvalue weighted by Gasteiger charge is 2.20. The summed E-state index contributed by atoms with van der Waals surface area (Å²) in [6.45, 7) is 0. The van der Waals surface area contributed by atoms with Crippen LogP contribution in [0, 0.1) is 13.7 Å². The molecule has 2 rings (SSSR count). The zero-order valence-corrected chi connectivity index (χ0v) is 13.3. The van der Waals surface area contributed by atoms with Crippen molar-refractivity contribution in [2.45, 2.75) is 0 Å². The van der Waals surface area contributed by atoms with Gasteiger partial charge in [-0.2, -0.15) is 0 Å². The highest BCUT2D eigenvalue weighted by Crippen LogP contribution is 2.29. The van der Waals surface area contributed by atoms with Crippen molar-refractivity contribution in [3.8, 4) is 0 Å². The van der Waals surface area contributed by atoms with E-state index in [9.17, 15) is 14.9 Å². The van der Waals surface area contributed by atoms with E-state index in [-0.39, 0.29) is 5.56 Å². The van der Waals surface area contributed by atoms with Crippen molar-refractivity contribution in [3.63, 3.8) is 0 Å². The summed E-state index contributed by atoms with van der Waals surface area (Å²) >= 11 is 8.19. The van der Waals surface area contributed by atoms with E-state index >= 15 is 0 Å². The molecule has 0 aromatic heterocycles. The molecule has 0 radical (unpaired) electrons. The van der Waals surface area contributed by atoms with Gasteiger partial charge in [-0.15, -0.1) is 0 Å². The Morgan fingerprint density at radius 2 is 2.00 bits per heavy atom. The summed E-state index contributed by atoms with van der Waals surface area (Å²) < 4.78 is 0.957. The number of nitrogens with one attached hydrogen (secondary N) is 1. The monoisotopic (exact) mass is 418 g/mol. The van der Waals surface area contributed by atoms with Gasteiger partial charge in [-0.05, 0) is 52.9 Å². The van der Waals surface area contributed by atoms with Gasteiger partial charge < -0.3 is 10.4 Å². The van der Waals surface area contributed by atoms with E-state index < -0.39 is 16.6 Å². The molecule has 0 fully saturated rings. The van der Waals surface area contributed by atoms with Crippen molar-refractivity contribution in [2.24, 2.45) is 0 Å². The normalized spacial score (nSPS) is 10.2. The molecule has 0 bridgehead atoms. The fraction of sp³-hybridized carbons (Fsp3) is 0. The Kier molecular flexibility index (Phi) is 4.63. The van der Waals surface area contributed by atoms with E-state index in [1.54, 1.807) is 12.1 Å². The summed E-state index contributed by atoms with van der Waals surface area (Å²) in [5.74, 6) is -1.36. The Hall–Kier alpha value is -1.87. The maximum Gasteiger partial charge on any atom is 0.342 e. The first-order chi connectivity index (χ1) is 9.88. The zero-order valence-electron chi connectivity index (χ0n) is 10.3. The van der Waals surface area contributed by atoms with Gasteiger partial charge >= 0.3 is 5.97 Å². The van der Waals surface area contributed by atoms with Crippen LogP contribution in [0.4, 0.5) is 17.1 Å². The molecule has 2 aromatic carbocycles. The average Bonchev–Trinajstić information content (AvgIpc) is 2.41. The molecular weight excluding hydrogens is 411 g/mol. The Balaban J connectivity index is 2.39. The van der Waals surface area contributed by atoms with Crippen LogP contribution in [0.25, 0.3) is 0 Å². The molecule has 0 aliphatic heterocycles. The number of carboxylic acids is 1. The van der Waals surface area contributed by atoms with Crippen LogP contribution in [0.15, 0.2) is 36.4 Å². The number of nitro groups is 1. The van der Waals surface area contributed by atoms with Gasteiger partial charge in [0.25, 0.3) is 5.69 Å². The lowest BCUT2D eigenvalue weighted by atomic mass is 10.1. The molecule has 0 aliphatic rings. The molecule has 0 spiro atoms.